The van der Waals surface area contributed by atoms with Crippen molar-refractivity contribution in [3.05, 3.63) is 23.7 Å². The quantitative estimate of drug-likeness (QED) is 0.536. The first kappa shape index (κ1) is 8.74. The smallest absolute Gasteiger partial charge is 0.0140 e. The van der Waals surface area contributed by atoms with E-state index in [4.69, 9.17) is 0 Å². The minimum absolute atomic E-state index is 0.948. The van der Waals surface area contributed by atoms with E-state index in [1.807, 2.05) is 26.0 Å². The van der Waals surface area contributed by atoms with Crippen LogP contribution in [0.1, 0.15) is 0 Å². The van der Waals surface area contributed by atoms with E-state index in [9.17, 15) is 0 Å². The Morgan fingerprint density at radius 2 is 1.33 bits per heavy atom. The molecule has 0 unspecified atom stereocenters. The molecule has 1 nitrogen and oxygen atoms in total. The maximum Gasteiger partial charge on any atom is -0.0140 e. The summed E-state index contributed by atoms with van der Waals surface area (Å²) in [7, 11) is 6.95. The van der Waals surface area contributed by atoms with E-state index in [0.717, 1.165) is 8.19 Å². The van der Waals surface area contributed by atoms with Gasteiger partial charge in [-0.1, -0.05) is 12.1 Å². The lowest BCUT2D eigenvalue weighted by Crippen LogP contribution is -1.99. The summed E-state index contributed by atoms with van der Waals surface area (Å²) in [5.74, 6) is 4.31. The van der Waals surface area contributed by atoms with Gasteiger partial charge in [0.15, 0.2) is 0 Å². The molecule has 0 amide bonds. The highest BCUT2D eigenvalue weighted by Crippen LogP contribution is 1.99. The van der Waals surface area contributed by atoms with Gasteiger partial charge in [-0.05, 0) is 32.7 Å². The molecule has 1 rings (SSSR count). The summed E-state index contributed by atoms with van der Waals surface area (Å²) in [6.07, 6.45) is 0. The normalized spacial score (nSPS) is 8.44. The first-order chi connectivity index (χ1) is 4.23. The molecule has 0 aromatic carbocycles. The highest BCUT2D eigenvalue weighted by Gasteiger charge is 1.58. The van der Waals surface area contributed by atoms with Crippen molar-refractivity contribution >= 4 is 8.19 Å². The summed E-state index contributed by atoms with van der Waals surface area (Å²) in [4.78, 5) is 2.00. The van der Waals surface area contributed by atoms with Crippen LogP contribution in [0, 0.1) is 0 Å². The molecule has 52 valence electrons. The molecule has 0 aliphatic heterocycles. The Bertz CT molecular complexity index is 92.5. The molecule has 1 heterocycles. The van der Waals surface area contributed by atoms with Crippen molar-refractivity contribution in [2.75, 3.05) is 21.1 Å². The molecule has 0 saturated carbocycles. The fraction of sp³-hybridized carbons (Fsp3) is 0.429. The summed E-state index contributed by atoms with van der Waals surface area (Å²) >= 11 is 0. The molecule has 1 aromatic heterocycles. The van der Waals surface area contributed by atoms with Gasteiger partial charge in [0.25, 0.3) is 0 Å². The number of hydrogen-bond acceptors (Lipinski definition) is 1. The van der Waals surface area contributed by atoms with E-state index in [-0.39, 0.29) is 0 Å². The lowest BCUT2D eigenvalue weighted by molar-refractivity contribution is 0.505. The fourth-order valence-electron chi connectivity index (χ4n) is 0.278. The lowest BCUT2D eigenvalue weighted by Gasteiger charge is -1.90. The van der Waals surface area contributed by atoms with Crippen LogP contribution in [0.25, 0.3) is 0 Å². The van der Waals surface area contributed by atoms with Crippen molar-refractivity contribution in [2.45, 2.75) is 0 Å². The van der Waals surface area contributed by atoms with Gasteiger partial charge in [-0.2, -0.15) is 0 Å². The zero-order chi connectivity index (χ0) is 7.11. The van der Waals surface area contributed by atoms with Crippen LogP contribution >= 0.6 is 8.19 Å². The average molecular weight is 143 g/mol. The Hall–Kier alpha value is -0.260. The molecule has 0 N–H and O–H groups in total. The van der Waals surface area contributed by atoms with Crippen LogP contribution in [0.15, 0.2) is 23.7 Å². The van der Waals surface area contributed by atoms with Crippen molar-refractivity contribution in [2.24, 2.45) is 0 Å². The van der Waals surface area contributed by atoms with Gasteiger partial charge in [0.1, 0.15) is 0 Å². The van der Waals surface area contributed by atoms with E-state index >= 15 is 0 Å². The Morgan fingerprint density at radius 3 is 1.44 bits per heavy atom. The number of nitrogens with zero attached hydrogens (tertiary/aromatic N) is 1. The van der Waals surface area contributed by atoms with Gasteiger partial charge in [0.2, 0.25) is 0 Å². The minimum atomic E-state index is 0.948. The van der Waals surface area contributed by atoms with Gasteiger partial charge in [-0.3, -0.25) is 0 Å². The summed E-state index contributed by atoms with van der Waals surface area (Å²) in [5, 5.41) is 0. The summed E-state index contributed by atoms with van der Waals surface area (Å²) in [5.41, 5.74) is 0. The van der Waals surface area contributed by atoms with E-state index in [1.165, 1.54) is 0 Å². The molecule has 2 heteroatoms. The summed E-state index contributed by atoms with van der Waals surface area (Å²) < 4.78 is 0. The second kappa shape index (κ2) is 5.87. The second-order valence-electron chi connectivity index (χ2n) is 2.23. The van der Waals surface area contributed by atoms with E-state index in [2.05, 4.69) is 23.7 Å². The van der Waals surface area contributed by atoms with Crippen LogP contribution in [0.3, 0.4) is 0 Å². The highest BCUT2D eigenvalue weighted by atomic mass is 31.0. The Morgan fingerprint density at radius 1 is 1.00 bits per heavy atom. The van der Waals surface area contributed by atoms with Gasteiger partial charge in [-0.25, -0.2) is 0 Å². The van der Waals surface area contributed by atoms with Gasteiger partial charge in [0, 0.05) is 0 Å². The largest absolute Gasteiger partial charge is 0.312 e. The second-order valence-corrected chi connectivity index (χ2v) is 3.23. The van der Waals surface area contributed by atoms with Gasteiger partial charge in [0.05, 0.1) is 0 Å². The molecule has 1 aromatic rings. The Labute approximate surface area is 58.8 Å². The van der Waals surface area contributed by atoms with Crippen LogP contribution in [-0.4, -0.2) is 26.0 Å². The third-order valence-electron chi connectivity index (χ3n) is 0.496. The molecule has 0 spiro atoms. The molecular formula is C7H14NP. The average Bonchev–Trinajstić information content (AvgIpc) is 2.11. The topological polar surface area (TPSA) is 3.24 Å². The standard InChI is InChI=1S/C4H5P.C3H9N/c1-2-4-5-3-1;1-4(2)3/h1-5H;1-3H3. The van der Waals surface area contributed by atoms with Gasteiger partial charge < -0.3 is 4.90 Å². The van der Waals surface area contributed by atoms with Crippen molar-refractivity contribution in [3.8, 4) is 0 Å². The lowest BCUT2D eigenvalue weighted by atomic mass is 10.7. The zero-order valence-electron chi connectivity index (χ0n) is 6.26. The van der Waals surface area contributed by atoms with Crippen LogP contribution in [0.2, 0.25) is 0 Å². The summed E-state index contributed by atoms with van der Waals surface area (Å²) in [6.45, 7) is 0. The third kappa shape index (κ3) is 11.4. The van der Waals surface area contributed by atoms with E-state index in [1.54, 1.807) is 0 Å². The van der Waals surface area contributed by atoms with Crippen LogP contribution in [-0.2, 0) is 0 Å². The van der Waals surface area contributed by atoms with Gasteiger partial charge >= 0.3 is 0 Å². The summed E-state index contributed by atoms with van der Waals surface area (Å²) in [6, 6.07) is 4.14. The molecule has 0 fully saturated rings. The Balaban J connectivity index is 0.000000148. The molecular weight excluding hydrogens is 129 g/mol. The molecule has 0 radical (unpaired) electrons. The first-order valence-corrected chi connectivity index (χ1v) is 4.07. The fourth-order valence-corrected chi connectivity index (χ4v) is 0.833. The predicted molar refractivity (Wildman–Crippen MR) is 45.6 cm³/mol. The molecule has 0 saturated heterocycles. The SMILES string of the molecule is CN(C)C.c1cc[pH]c1. The zero-order valence-corrected chi connectivity index (χ0v) is 7.26. The van der Waals surface area contributed by atoms with E-state index < -0.39 is 0 Å². The Kier molecular flexibility index (Phi) is 5.70. The molecule has 0 atom stereocenters. The number of rotatable bonds is 0. The molecule has 0 aliphatic carbocycles. The molecule has 9 heavy (non-hydrogen) atoms. The van der Waals surface area contributed by atoms with Crippen molar-refractivity contribution in [1.29, 1.82) is 0 Å². The predicted octanol–water partition coefficient (Wildman–Crippen LogP) is 1.90. The number of hydrogen-bond donors (Lipinski definition) is 0. The van der Waals surface area contributed by atoms with Crippen molar-refractivity contribution < 1.29 is 0 Å². The van der Waals surface area contributed by atoms with Crippen LogP contribution in [0.5, 0.6) is 0 Å². The van der Waals surface area contributed by atoms with E-state index in [0.29, 0.717) is 0 Å². The molecule has 0 bridgehead atoms. The van der Waals surface area contributed by atoms with Crippen molar-refractivity contribution in [3.63, 3.8) is 0 Å². The maximum absolute atomic E-state index is 2.15. The third-order valence-corrected chi connectivity index (χ3v) is 1.27. The van der Waals surface area contributed by atoms with Gasteiger partial charge in [-0.15, -0.1) is 8.19 Å². The molecule has 0 aliphatic rings. The highest BCUT2D eigenvalue weighted by molar-refractivity contribution is 7.28. The van der Waals surface area contributed by atoms with Crippen LogP contribution in [0.4, 0.5) is 0 Å². The monoisotopic (exact) mass is 143 g/mol. The van der Waals surface area contributed by atoms with Crippen LogP contribution < -0.4 is 0 Å². The first-order valence-electron chi connectivity index (χ1n) is 2.92. The maximum atomic E-state index is 2.15. The minimum Gasteiger partial charge on any atom is -0.312 e. The van der Waals surface area contributed by atoms with Crippen molar-refractivity contribution in [1.82, 2.24) is 4.90 Å².